The number of amides is 3. The predicted octanol–water partition coefficient (Wildman–Crippen LogP) is 3.46. The molecule has 9 nitrogen and oxygen atoms in total. The van der Waals surface area contributed by atoms with Crippen molar-refractivity contribution < 1.29 is 29.0 Å². The zero-order valence-electron chi connectivity index (χ0n) is 21.9. The van der Waals surface area contributed by atoms with Crippen molar-refractivity contribution in [3.05, 3.63) is 0 Å². The number of aliphatic carboxylic acids is 1. The monoisotopic (exact) mass is 483 g/mol. The fraction of sp³-hybridized carbons (Fsp3) is 0.840. The van der Waals surface area contributed by atoms with E-state index >= 15 is 0 Å². The second-order valence-electron chi connectivity index (χ2n) is 10.7. The Balaban J connectivity index is 2.56. The highest BCUT2D eigenvalue weighted by Gasteiger charge is 2.32. The van der Waals surface area contributed by atoms with E-state index in [-0.39, 0.29) is 35.5 Å². The van der Waals surface area contributed by atoms with Gasteiger partial charge in [0, 0.05) is 12.5 Å². The lowest BCUT2D eigenvalue weighted by molar-refractivity contribution is -0.144. The van der Waals surface area contributed by atoms with Gasteiger partial charge in [-0.1, -0.05) is 40.5 Å². The summed E-state index contributed by atoms with van der Waals surface area (Å²) in [5.74, 6) is -1.61. The van der Waals surface area contributed by atoms with Gasteiger partial charge >= 0.3 is 12.1 Å². The third-order valence-corrected chi connectivity index (χ3v) is 6.73. The summed E-state index contributed by atoms with van der Waals surface area (Å²) in [4.78, 5) is 49.1. The zero-order valence-corrected chi connectivity index (χ0v) is 21.9. The number of hydrogen-bond donors (Lipinski definition) is 4. The standard InChI is InChI=1S/C25H45N3O6/c1-8-15(3)19(28-24(33)34-25(5,6)7)22(30)26-14-17-10-12-18(13-11-17)21(29)27-20(23(31)32)16(4)9-2/h15-20H,8-14H2,1-7H3,(H,26,30)(H,27,29)(H,28,33)(H,31,32). The fourth-order valence-corrected chi connectivity index (χ4v) is 4.07. The van der Waals surface area contributed by atoms with E-state index in [1.165, 1.54) is 0 Å². The molecule has 0 aromatic carbocycles. The number of hydrogen-bond acceptors (Lipinski definition) is 5. The van der Waals surface area contributed by atoms with Crippen molar-refractivity contribution in [2.24, 2.45) is 23.7 Å². The van der Waals surface area contributed by atoms with Gasteiger partial charge in [-0.15, -0.1) is 0 Å². The van der Waals surface area contributed by atoms with Crippen LogP contribution >= 0.6 is 0 Å². The molecule has 0 radical (unpaired) electrons. The SMILES string of the molecule is CCC(C)C(NC(=O)C1CCC(CNC(=O)C(NC(=O)OC(C)(C)C)C(C)CC)CC1)C(=O)O. The van der Waals surface area contributed by atoms with Crippen LogP contribution in [0.3, 0.4) is 0 Å². The molecule has 0 saturated heterocycles. The normalized spacial score (nSPS) is 22.0. The Hall–Kier alpha value is -2.32. The van der Waals surface area contributed by atoms with Gasteiger partial charge in [-0.3, -0.25) is 9.59 Å². The summed E-state index contributed by atoms with van der Waals surface area (Å²) >= 11 is 0. The van der Waals surface area contributed by atoms with Crippen LogP contribution in [0, 0.1) is 23.7 Å². The van der Waals surface area contributed by atoms with Gasteiger partial charge in [0.1, 0.15) is 17.7 Å². The molecular formula is C25H45N3O6. The molecule has 4 N–H and O–H groups in total. The van der Waals surface area contributed by atoms with E-state index in [0.717, 1.165) is 19.3 Å². The number of nitrogens with one attached hydrogen (secondary N) is 3. The molecule has 1 aliphatic rings. The van der Waals surface area contributed by atoms with E-state index in [1.807, 2.05) is 27.7 Å². The van der Waals surface area contributed by atoms with Gasteiger partial charge in [0.05, 0.1) is 0 Å². The Bertz CT molecular complexity index is 697. The Morgan fingerprint density at radius 3 is 1.91 bits per heavy atom. The van der Waals surface area contributed by atoms with Crippen molar-refractivity contribution in [3.63, 3.8) is 0 Å². The Kier molecular flexibility index (Phi) is 11.8. The highest BCUT2D eigenvalue weighted by atomic mass is 16.6. The van der Waals surface area contributed by atoms with Crippen molar-refractivity contribution in [1.29, 1.82) is 0 Å². The Labute approximate surface area is 204 Å². The first-order valence-corrected chi connectivity index (χ1v) is 12.6. The smallest absolute Gasteiger partial charge is 0.408 e. The van der Waals surface area contributed by atoms with Crippen LogP contribution in [-0.2, 0) is 19.1 Å². The second kappa shape index (κ2) is 13.5. The van der Waals surface area contributed by atoms with E-state index in [0.29, 0.717) is 25.8 Å². The highest BCUT2D eigenvalue weighted by molar-refractivity contribution is 5.86. The zero-order chi connectivity index (χ0) is 26.1. The van der Waals surface area contributed by atoms with Crippen molar-refractivity contribution in [2.45, 2.75) is 105 Å². The summed E-state index contributed by atoms with van der Waals surface area (Å²) in [6.07, 6.45) is 3.64. The number of carboxylic acids is 1. The van der Waals surface area contributed by atoms with Crippen LogP contribution in [0.25, 0.3) is 0 Å². The maximum absolute atomic E-state index is 12.8. The lowest BCUT2D eigenvalue weighted by Crippen LogP contribution is -2.52. The first kappa shape index (κ1) is 29.7. The minimum Gasteiger partial charge on any atom is -0.480 e. The van der Waals surface area contributed by atoms with Gasteiger partial charge in [0.25, 0.3) is 0 Å². The van der Waals surface area contributed by atoms with E-state index < -0.39 is 29.7 Å². The van der Waals surface area contributed by atoms with Gasteiger partial charge in [-0.2, -0.15) is 0 Å². The third-order valence-electron chi connectivity index (χ3n) is 6.73. The van der Waals surface area contributed by atoms with Crippen molar-refractivity contribution in [1.82, 2.24) is 16.0 Å². The Morgan fingerprint density at radius 2 is 1.44 bits per heavy atom. The molecule has 9 heteroatoms. The average molecular weight is 484 g/mol. The molecule has 0 aromatic heterocycles. The van der Waals surface area contributed by atoms with Crippen molar-refractivity contribution in [3.8, 4) is 0 Å². The summed E-state index contributed by atoms with van der Waals surface area (Å²) in [5, 5.41) is 17.8. The number of carboxylic acid groups (broad SMARTS) is 1. The molecule has 1 saturated carbocycles. The summed E-state index contributed by atoms with van der Waals surface area (Å²) in [7, 11) is 0. The molecule has 0 aromatic rings. The van der Waals surface area contributed by atoms with Gasteiger partial charge in [-0.05, 0) is 64.2 Å². The van der Waals surface area contributed by atoms with E-state index in [9.17, 15) is 24.3 Å². The van der Waals surface area contributed by atoms with Crippen LogP contribution in [-0.4, -0.2) is 53.2 Å². The van der Waals surface area contributed by atoms with Crippen LogP contribution in [0.4, 0.5) is 4.79 Å². The molecular weight excluding hydrogens is 438 g/mol. The number of carbonyl (C=O) groups is 4. The van der Waals surface area contributed by atoms with Crippen LogP contribution in [0.5, 0.6) is 0 Å². The molecule has 4 unspecified atom stereocenters. The topological polar surface area (TPSA) is 134 Å². The maximum atomic E-state index is 12.8. The van der Waals surface area contributed by atoms with Crippen LogP contribution < -0.4 is 16.0 Å². The van der Waals surface area contributed by atoms with Gasteiger partial charge in [0.15, 0.2) is 0 Å². The third kappa shape index (κ3) is 9.89. The number of ether oxygens (including phenoxy) is 1. The summed E-state index contributed by atoms with van der Waals surface area (Å²) in [5.41, 5.74) is -0.648. The predicted molar refractivity (Wildman–Crippen MR) is 130 cm³/mol. The van der Waals surface area contributed by atoms with E-state index in [4.69, 9.17) is 4.74 Å². The summed E-state index contributed by atoms with van der Waals surface area (Å²) in [6.45, 7) is 13.4. The number of rotatable bonds is 11. The van der Waals surface area contributed by atoms with Crippen LogP contribution in [0.1, 0.15) is 87.0 Å². The summed E-state index contributed by atoms with van der Waals surface area (Å²) < 4.78 is 5.30. The van der Waals surface area contributed by atoms with E-state index in [1.54, 1.807) is 20.8 Å². The molecule has 3 amide bonds. The second-order valence-corrected chi connectivity index (χ2v) is 10.7. The van der Waals surface area contributed by atoms with Crippen LogP contribution in [0.15, 0.2) is 0 Å². The fourth-order valence-electron chi connectivity index (χ4n) is 4.07. The molecule has 1 aliphatic carbocycles. The minimum atomic E-state index is -1.00. The quantitative estimate of drug-likeness (QED) is 0.356. The molecule has 196 valence electrons. The molecule has 1 rings (SSSR count). The Morgan fingerprint density at radius 1 is 0.912 bits per heavy atom. The lowest BCUT2D eigenvalue weighted by Gasteiger charge is -2.30. The van der Waals surface area contributed by atoms with Gasteiger partial charge in [-0.25, -0.2) is 9.59 Å². The first-order chi connectivity index (χ1) is 15.8. The van der Waals surface area contributed by atoms with E-state index in [2.05, 4.69) is 16.0 Å². The molecule has 1 fully saturated rings. The largest absolute Gasteiger partial charge is 0.480 e. The molecule has 0 aliphatic heterocycles. The maximum Gasteiger partial charge on any atom is 0.408 e. The molecule has 0 bridgehead atoms. The van der Waals surface area contributed by atoms with Gasteiger partial charge in [0.2, 0.25) is 11.8 Å². The summed E-state index contributed by atoms with van der Waals surface area (Å²) in [6, 6.07) is -1.56. The highest BCUT2D eigenvalue weighted by Crippen LogP contribution is 2.29. The molecule has 4 atom stereocenters. The molecule has 0 spiro atoms. The van der Waals surface area contributed by atoms with Crippen LogP contribution in [0.2, 0.25) is 0 Å². The first-order valence-electron chi connectivity index (χ1n) is 12.6. The van der Waals surface area contributed by atoms with Gasteiger partial charge < -0.3 is 25.8 Å². The van der Waals surface area contributed by atoms with Crippen molar-refractivity contribution >= 4 is 23.9 Å². The molecule has 0 heterocycles. The average Bonchev–Trinajstić information content (AvgIpc) is 2.77. The lowest BCUT2D eigenvalue weighted by atomic mass is 9.81. The van der Waals surface area contributed by atoms with Crippen molar-refractivity contribution in [2.75, 3.05) is 6.54 Å². The minimum absolute atomic E-state index is 0.0559. The number of carbonyl (C=O) groups excluding carboxylic acids is 3. The number of alkyl carbamates (subject to hydrolysis) is 1. The molecule has 34 heavy (non-hydrogen) atoms.